The van der Waals surface area contributed by atoms with Crippen molar-refractivity contribution in [3.63, 3.8) is 0 Å². The lowest BCUT2D eigenvalue weighted by Crippen LogP contribution is -2.39. The standard InChI is InChI=1S/C10H19NO/c1-10(2,9(11)12)8-6-4-3-5-7-8/h8H,3-7H2,1-2H3,(H2,11,12). The molecule has 0 unspecified atom stereocenters. The van der Waals surface area contributed by atoms with E-state index in [1.54, 1.807) is 0 Å². The molecule has 0 saturated heterocycles. The summed E-state index contributed by atoms with van der Waals surface area (Å²) in [5.41, 5.74) is 5.07. The van der Waals surface area contributed by atoms with Crippen LogP contribution in [0.15, 0.2) is 0 Å². The molecule has 1 aliphatic carbocycles. The molecule has 0 atom stereocenters. The van der Waals surface area contributed by atoms with Gasteiger partial charge in [-0.05, 0) is 18.8 Å². The zero-order chi connectivity index (χ0) is 9.19. The molecule has 0 aromatic heterocycles. The van der Waals surface area contributed by atoms with Gasteiger partial charge in [-0.1, -0.05) is 33.1 Å². The van der Waals surface area contributed by atoms with Crippen molar-refractivity contribution in [3.8, 4) is 0 Å². The van der Waals surface area contributed by atoms with Crippen LogP contribution >= 0.6 is 0 Å². The Morgan fingerprint density at radius 2 is 1.75 bits per heavy atom. The number of carbonyl (C=O) groups excluding carboxylic acids is 1. The topological polar surface area (TPSA) is 43.1 Å². The third-order valence-electron chi connectivity index (χ3n) is 3.26. The Balaban J connectivity index is 2.59. The highest BCUT2D eigenvalue weighted by Gasteiger charge is 2.35. The highest BCUT2D eigenvalue weighted by atomic mass is 16.1. The smallest absolute Gasteiger partial charge is 0.223 e. The summed E-state index contributed by atoms with van der Waals surface area (Å²) in [5, 5.41) is 0. The summed E-state index contributed by atoms with van der Waals surface area (Å²) in [6, 6.07) is 0. The minimum Gasteiger partial charge on any atom is -0.369 e. The second-order valence-electron chi connectivity index (χ2n) is 4.42. The van der Waals surface area contributed by atoms with Gasteiger partial charge < -0.3 is 5.73 Å². The van der Waals surface area contributed by atoms with Crippen LogP contribution in [0.4, 0.5) is 0 Å². The van der Waals surface area contributed by atoms with Gasteiger partial charge in [0.15, 0.2) is 0 Å². The lowest BCUT2D eigenvalue weighted by atomic mass is 9.71. The molecule has 0 aromatic carbocycles. The van der Waals surface area contributed by atoms with E-state index in [1.807, 2.05) is 13.8 Å². The lowest BCUT2D eigenvalue weighted by molar-refractivity contribution is -0.129. The van der Waals surface area contributed by atoms with Gasteiger partial charge in [0.05, 0.1) is 0 Å². The zero-order valence-corrected chi connectivity index (χ0v) is 8.10. The number of primary amides is 1. The van der Waals surface area contributed by atoms with E-state index in [1.165, 1.54) is 32.1 Å². The van der Waals surface area contributed by atoms with Gasteiger partial charge >= 0.3 is 0 Å². The fraction of sp³-hybridized carbons (Fsp3) is 0.900. The Morgan fingerprint density at radius 1 is 1.25 bits per heavy atom. The van der Waals surface area contributed by atoms with E-state index < -0.39 is 0 Å². The van der Waals surface area contributed by atoms with Gasteiger partial charge in [0.2, 0.25) is 5.91 Å². The molecule has 1 rings (SSSR count). The number of hydrogen-bond acceptors (Lipinski definition) is 1. The summed E-state index contributed by atoms with van der Waals surface area (Å²) in [7, 11) is 0. The molecule has 1 fully saturated rings. The molecule has 0 heterocycles. The largest absolute Gasteiger partial charge is 0.369 e. The monoisotopic (exact) mass is 169 g/mol. The Morgan fingerprint density at radius 3 is 2.17 bits per heavy atom. The molecular formula is C10H19NO. The Bertz CT molecular complexity index is 169. The van der Waals surface area contributed by atoms with Crippen molar-refractivity contribution in [3.05, 3.63) is 0 Å². The predicted molar refractivity (Wildman–Crippen MR) is 49.6 cm³/mol. The molecule has 0 radical (unpaired) electrons. The highest BCUT2D eigenvalue weighted by molar-refractivity contribution is 5.80. The van der Waals surface area contributed by atoms with Gasteiger partial charge in [0.1, 0.15) is 0 Å². The number of nitrogens with two attached hydrogens (primary N) is 1. The van der Waals surface area contributed by atoms with Crippen LogP contribution in [0, 0.1) is 11.3 Å². The summed E-state index contributed by atoms with van der Waals surface area (Å²) >= 11 is 0. The summed E-state index contributed by atoms with van der Waals surface area (Å²) in [4.78, 5) is 11.1. The van der Waals surface area contributed by atoms with E-state index in [9.17, 15) is 4.79 Å². The van der Waals surface area contributed by atoms with E-state index >= 15 is 0 Å². The van der Waals surface area contributed by atoms with Crippen LogP contribution in [0.3, 0.4) is 0 Å². The first-order chi connectivity index (χ1) is 5.55. The van der Waals surface area contributed by atoms with Gasteiger partial charge in [-0.3, -0.25) is 4.79 Å². The Kier molecular flexibility index (Phi) is 2.76. The average Bonchev–Trinajstić information content (AvgIpc) is 2.06. The molecule has 12 heavy (non-hydrogen) atoms. The van der Waals surface area contributed by atoms with E-state index in [0.29, 0.717) is 5.92 Å². The van der Waals surface area contributed by atoms with E-state index in [-0.39, 0.29) is 11.3 Å². The number of rotatable bonds is 2. The third-order valence-corrected chi connectivity index (χ3v) is 3.26. The van der Waals surface area contributed by atoms with Crippen molar-refractivity contribution in [2.75, 3.05) is 0 Å². The van der Waals surface area contributed by atoms with Gasteiger partial charge in [-0.25, -0.2) is 0 Å². The van der Waals surface area contributed by atoms with Crippen LogP contribution in [0.1, 0.15) is 46.0 Å². The van der Waals surface area contributed by atoms with Crippen LogP contribution in [0.5, 0.6) is 0 Å². The van der Waals surface area contributed by atoms with E-state index in [2.05, 4.69) is 0 Å². The fourth-order valence-electron chi connectivity index (χ4n) is 2.03. The van der Waals surface area contributed by atoms with Crippen LogP contribution < -0.4 is 5.73 Å². The molecule has 0 aromatic rings. The number of hydrogen-bond donors (Lipinski definition) is 1. The minimum absolute atomic E-state index is 0.144. The minimum atomic E-state index is -0.291. The highest BCUT2D eigenvalue weighted by Crippen LogP contribution is 2.37. The van der Waals surface area contributed by atoms with Crippen LogP contribution in [0.25, 0.3) is 0 Å². The van der Waals surface area contributed by atoms with Crippen molar-refractivity contribution in [1.29, 1.82) is 0 Å². The van der Waals surface area contributed by atoms with Crippen LogP contribution in [-0.2, 0) is 4.79 Å². The second-order valence-corrected chi connectivity index (χ2v) is 4.42. The first kappa shape index (κ1) is 9.56. The van der Waals surface area contributed by atoms with Gasteiger partial charge in [0, 0.05) is 5.41 Å². The summed E-state index contributed by atoms with van der Waals surface area (Å²) in [6.45, 7) is 3.96. The van der Waals surface area contributed by atoms with Crippen molar-refractivity contribution >= 4 is 5.91 Å². The molecule has 2 N–H and O–H groups in total. The van der Waals surface area contributed by atoms with Gasteiger partial charge in [-0.15, -0.1) is 0 Å². The van der Waals surface area contributed by atoms with E-state index in [4.69, 9.17) is 5.73 Å². The van der Waals surface area contributed by atoms with E-state index in [0.717, 1.165) is 0 Å². The van der Waals surface area contributed by atoms with Crippen molar-refractivity contribution in [2.24, 2.45) is 17.1 Å². The van der Waals surface area contributed by atoms with Crippen LogP contribution in [-0.4, -0.2) is 5.91 Å². The summed E-state index contributed by atoms with van der Waals surface area (Å²) in [5.74, 6) is 0.373. The SMILES string of the molecule is CC(C)(C(N)=O)C1CCCCC1. The Labute approximate surface area is 74.5 Å². The molecule has 1 saturated carbocycles. The first-order valence-electron chi connectivity index (χ1n) is 4.85. The molecule has 70 valence electrons. The molecule has 0 bridgehead atoms. The quantitative estimate of drug-likeness (QED) is 0.675. The average molecular weight is 169 g/mol. The van der Waals surface area contributed by atoms with Crippen molar-refractivity contribution in [1.82, 2.24) is 0 Å². The summed E-state index contributed by atoms with van der Waals surface area (Å²) < 4.78 is 0. The van der Waals surface area contributed by atoms with Crippen molar-refractivity contribution in [2.45, 2.75) is 46.0 Å². The second kappa shape index (κ2) is 3.46. The molecule has 1 aliphatic rings. The fourth-order valence-corrected chi connectivity index (χ4v) is 2.03. The molecule has 2 heteroatoms. The Hall–Kier alpha value is -0.530. The van der Waals surface area contributed by atoms with Crippen LogP contribution in [0.2, 0.25) is 0 Å². The number of carbonyl (C=O) groups is 1. The number of amides is 1. The maximum absolute atomic E-state index is 11.1. The van der Waals surface area contributed by atoms with Gasteiger partial charge in [0.25, 0.3) is 0 Å². The maximum atomic E-state index is 11.1. The molecule has 1 amide bonds. The normalized spacial score (nSPS) is 20.8. The van der Waals surface area contributed by atoms with Crippen molar-refractivity contribution < 1.29 is 4.79 Å². The molecule has 0 spiro atoms. The first-order valence-corrected chi connectivity index (χ1v) is 4.85. The lowest BCUT2D eigenvalue weighted by Gasteiger charge is -2.34. The third kappa shape index (κ3) is 1.79. The van der Waals surface area contributed by atoms with Gasteiger partial charge in [-0.2, -0.15) is 0 Å². The molecule has 2 nitrogen and oxygen atoms in total. The summed E-state index contributed by atoms with van der Waals surface area (Å²) in [6.07, 6.45) is 6.21. The predicted octanol–water partition coefficient (Wildman–Crippen LogP) is 2.08. The zero-order valence-electron chi connectivity index (χ0n) is 8.10. The molecular weight excluding hydrogens is 150 g/mol. The molecule has 0 aliphatic heterocycles. The maximum Gasteiger partial charge on any atom is 0.223 e.